The monoisotopic (exact) mass is 314 g/mol. The van der Waals surface area contributed by atoms with Crippen molar-refractivity contribution >= 4 is 21.8 Å². The highest BCUT2D eigenvalue weighted by Crippen LogP contribution is 2.18. The van der Waals surface area contributed by atoms with E-state index >= 15 is 0 Å². The number of benzene rings is 1. The van der Waals surface area contributed by atoms with Crippen LogP contribution >= 0.6 is 15.9 Å². The van der Waals surface area contributed by atoms with Gasteiger partial charge in [0.1, 0.15) is 5.82 Å². The molecule has 98 valence electrons. The molecule has 0 spiro atoms. The van der Waals surface area contributed by atoms with E-state index in [1.165, 1.54) is 6.07 Å². The lowest BCUT2D eigenvalue weighted by molar-refractivity contribution is -0.136. The third kappa shape index (κ3) is 2.90. The fraction of sp³-hybridized carbons (Fsp3) is 0.462. The van der Waals surface area contributed by atoms with Gasteiger partial charge in [0, 0.05) is 29.7 Å². The lowest BCUT2D eigenvalue weighted by atomic mass is 10.1. The predicted molar refractivity (Wildman–Crippen MR) is 71.6 cm³/mol. The molecule has 1 aliphatic rings. The lowest BCUT2D eigenvalue weighted by Gasteiger charge is -2.32. The van der Waals surface area contributed by atoms with E-state index in [4.69, 9.17) is 0 Å². The molecule has 5 heteroatoms. The zero-order valence-corrected chi connectivity index (χ0v) is 11.8. The van der Waals surface area contributed by atoms with E-state index in [0.717, 1.165) is 13.0 Å². The van der Waals surface area contributed by atoms with Gasteiger partial charge in [0.2, 0.25) is 5.91 Å². The Kier molecular flexibility index (Phi) is 4.35. The van der Waals surface area contributed by atoms with Crippen molar-refractivity contribution < 1.29 is 9.18 Å². The van der Waals surface area contributed by atoms with Crippen LogP contribution in [-0.4, -0.2) is 29.9 Å². The van der Waals surface area contributed by atoms with Crippen molar-refractivity contribution in [2.45, 2.75) is 25.9 Å². The molecule has 1 atom stereocenters. The van der Waals surface area contributed by atoms with Crippen molar-refractivity contribution in [3.8, 4) is 0 Å². The number of piperazine rings is 1. The minimum atomic E-state index is -0.274. The van der Waals surface area contributed by atoms with Crippen molar-refractivity contribution in [2.24, 2.45) is 0 Å². The minimum absolute atomic E-state index is 0.0612. The fourth-order valence-corrected chi connectivity index (χ4v) is 2.46. The highest BCUT2D eigenvalue weighted by molar-refractivity contribution is 9.10. The van der Waals surface area contributed by atoms with Gasteiger partial charge in [-0.25, -0.2) is 4.39 Å². The second-order valence-electron chi connectivity index (χ2n) is 4.41. The highest BCUT2D eigenvalue weighted by Gasteiger charge is 2.27. The van der Waals surface area contributed by atoms with Gasteiger partial charge in [-0.3, -0.25) is 4.79 Å². The third-order valence-electron chi connectivity index (χ3n) is 3.17. The third-order valence-corrected chi connectivity index (χ3v) is 3.66. The quantitative estimate of drug-likeness (QED) is 0.928. The zero-order valence-electron chi connectivity index (χ0n) is 10.2. The smallest absolute Gasteiger partial charge is 0.240 e. The van der Waals surface area contributed by atoms with E-state index in [1.807, 2.05) is 6.92 Å². The lowest BCUT2D eigenvalue weighted by Crippen LogP contribution is -2.54. The maximum atomic E-state index is 13.7. The van der Waals surface area contributed by atoms with Crippen LogP contribution < -0.4 is 5.32 Å². The summed E-state index contributed by atoms with van der Waals surface area (Å²) in [5.41, 5.74) is 0.559. The molecule has 1 unspecified atom stereocenters. The Bertz CT molecular complexity index is 453. The Labute approximate surface area is 114 Å². The van der Waals surface area contributed by atoms with E-state index < -0.39 is 0 Å². The first-order valence-electron chi connectivity index (χ1n) is 6.08. The van der Waals surface area contributed by atoms with E-state index in [9.17, 15) is 9.18 Å². The van der Waals surface area contributed by atoms with Crippen molar-refractivity contribution in [3.05, 3.63) is 34.1 Å². The second kappa shape index (κ2) is 5.80. The van der Waals surface area contributed by atoms with Gasteiger partial charge in [-0.1, -0.05) is 28.9 Å². The maximum Gasteiger partial charge on any atom is 0.240 e. The van der Waals surface area contributed by atoms with Crippen LogP contribution in [0.25, 0.3) is 0 Å². The summed E-state index contributed by atoms with van der Waals surface area (Å²) in [7, 11) is 0. The van der Waals surface area contributed by atoms with E-state index in [1.54, 1.807) is 17.0 Å². The summed E-state index contributed by atoms with van der Waals surface area (Å²) < 4.78 is 14.4. The average Bonchev–Trinajstić information content (AvgIpc) is 2.35. The van der Waals surface area contributed by atoms with Crippen LogP contribution in [0.15, 0.2) is 22.7 Å². The topological polar surface area (TPSA) is 32.3 Å². The van der Waals surface area contributed by atoms with Crippen LogP contribution in [0, 0.1) is 5.82 Å². The largest absolute Gasteiger partial charge is 0.336 e. The molecule has 2 rings (SSSR count). The Morgan fingerprint density at radius 3 is 3.00 bits per heavy atom. The van der Waals surface area contributed by atoms with Gasteiger partial charge >= 0.3 is 0 Å². The summed E-state index contributed by atoms with van der Waals surface area (Å²) in [6, 6.07) is 4.81. The molecule has 3 nitrogen and oxygen atoms in total. The van der Waals surface area contributed by atoms with Gasteiger partial charge in [0.25, 0.3) is 0 Å². The van der Waals surface area contributed by atoms with Crippen molar-refractivity contribution in [1.82, 2.24) is 10.2 Å². The van der Waals surface area contributed by atoms with Crippen LogP contribution in [0.4, 0.5) is 4.39 Å². The van der Waals surface area contributed by atoms with Gasteiger partial charge in [0.05, 0.1) is 6.04 Å². The molecule has 1 aromatic carbocycles. The van der Waals surface area contributed by atoms with E-state index in [2.05, 4.69) is 21.2 Å². The average molecular weight is 315 g/mol. The molecule has 1 amide bonds. The SMILES string of the molecule is CCC1NCCN(Cc2ccc(Br)cc2F)C1=O. The number of carbonyl (C=O) groups excluding carboxylic acids is 1. The Hall–Kier alpha value is -0.940. The van der Waals surface area contributed by atoms with Gasteiger partial charge in [-0.2, -0.15) is 0 Å². The second-order valence-corrected chi connectivity index (χ2v) is 5.33. The van der Waals surface area contributed by atoms with Crippen molar-refractivity contribution in [2.75, 3.05) is 13.1 Å². The summed E-state index contributed by atoms with van der Waals surface area (Å²) in [5, 5.41) is 3.17. The highest BCUT2D eigenvalue weighted by atomic mass is 79.9. The molecule has 1 N–H and O–H groups in total. The van der Waals surface area contributed by atoms with Crippen LogP contribution in [0.3, 0.4) is 0 Å². The van der Waals surface area contributed by atoms with Gasteiger partial charge in [-0.15, -0.1) is 0 Å². The molecular weight excluding hydrogens is 299 g/mol. The van der Waals surface area contributed by atoms with Gasteiger partial charge in [-0.05, 0) is 18.6 Å². The first kappa shape index (κ1) is 13.5. The first-order valence-corrected chi connectivity index (χ1v) is 6.87. The molecule has 1 aliphatic heterocycles. The van der Waals surface area contributed by atoms with E-state index in [-0.39, 0.29) is 17.8 Å². The number of hydrogen-bond acceptors (Lipinski definition) is 2. The van der Waals surface area contributed by atoms with E-state index in [0.29, 0.717) is 23.1 Å². The minimum Gasteiger partial charge on any atom is -0.336 e. The molecule has 1 saturated heterocycles. The van der Waals surface area contributed by atoms with Crippen LogP contribution in [0.2, 0.25) is 0 Å². The fourth-order valence-electron chi connectivity index (χ4n) is 2.12. The molecule has 18 heavy (non-hydrogen) atoms. The Balaban J connectivity index is 2.10. The molecule has 1 heterocycles. The molecule has 1 aromatic rings. The summed E-state index contributed by atoms with van der Waals surface area (Å²) in [6.45, 7) is 3.71. The molecular formula is C13H16BrFN2O. The standard InChI is InChI=1S/C13H16BrFN2O/c1-2-12-13(18)17(6-5-16-12)8-9-3-4-10(14)7-11(9)15/h3-4,7,12,16H,2,5-6,8H2,1H3. The number of nitrogens with zero attached hydrogens (tertiary/aromatic N) is 1. The number of carbonyl (C=O) groups is 1. The Morgan fingerprint density at radius 1 is 1.56 bits per heavy atom. The first-order chi connectivity index (χ1) is 8.61. The van der Waals surface area contributed by atoms with Gasteiger partial charge < -0.3 is 10.2 Å². The molecule has 1 fully saturated rings. The van der Waals surface area contributed by atoms with Crippen molar-refractivity contribution in [3.63, 3.8) is 0 Å². The number of rotatable bonds is 3. The number of amides is 1. The maximum absolute atomic E-state index is 13.7. The zero-order chi connectivity index (χ0) is 13.1. The molecule has 0 aromatic heterocycles. The number of halogens is 2. The molecule has 0 aliphatic carbocycles. The van der Waals surface area contributed by atoms with Crippen LogP contribution in [0.1, 0.15) is 18.9 Å². The van der Waals surface area contributed by atoms with Crippen LogP contribution in [-0.2, 0) is 11.3 Å². The molecule has 0 saturated carbocycles. The normalized spacial score (nSPS) is 20.3. The molecule has 0 bridgehead atoms. The summed E-state index contributed by atoms with van der Waals surface area (Å²) in [6.07, 6.45) is 0.762. The van der Waals surface area contributed by atoms with Crippen molar-refractivity contribution in [1.29, 1.82) is 0 Å². The summed E-state index contributed by atoms with van der Waals surface area (Å²) >= 11 is 3.22. The van der Waals surface area contributed by atoms with Crippen LogP contribution in [0.5, 0.6) is 0 Å². The predicted octanol–water partition coefficient (Wildman–Crippen LogP) is 2.30. The number of hydrogen-bond donors (Lipinski definition) is 1. The van der Waals surface area contributed by atoms with Gasteiger partial charge in [0.15, 0.2) is 0 Å². The number of nitrogens with one attached hydrogen (secondary N) is 1. The Morgan fingerprint density at radius 2 is 2.33 bits per heavy atom. The molecule has 0 radical (unpaired) electrons. The summed E-state index contributed by atoms with van der Waals surface area (Å²) in [5.74, 6) is -0.213. The summed E-state index contributed by atoms with van der Waals surface area (Å²) in [4.78, 5) is 13.8.